The predicted molar refractivity (Wildman–Crippen MR) is 126 cm³/mol. The van der Waals surface area contributed by atoms with Crippen molar-refractivity contribution in [3.05, 3.63) is 47.9 Å². The van der Waals surface area contributed by atoms with Crippen LogP contribution in [0.4, 0.5) is 4.79 Å². The lowest BCUT2D eigenvalue weighted by atomic mass is 9.75. The minimum absolute atomic E-state index is 0.0993. The fourth-order valence-electron chi connectivity index (χ4n) is 5.47. The number of urea groups is 1. The fourth-order valence-corrected chi connectivity index (χ4v) is 5.47. The van der Waals surface area contributed by atoms with Gasteiger partial charge in [-0.2, -0.15) is 0 Å². The minimum Gasteiger partial charge on any atom is -0.486 e. The highest BCUT2D eigenvalue weighted by molar-refractivity contribution is 6.07. The summed E-state index contributed by atoms with van der Waals surface area (Å²) in [4.78, 5) is 30.2. The van der Waals surface area contributed by atoms with Crippen molar-refractivity contribution < 1.29 is 23.5 Å². The molecule has 34 heavy (non-hydrogen) atoms. The van der Waals surface area contributed by atoms with Crippen molar-refractivity contribution in [1.29, 1.82) is 0 Å². The largest absolute Gasteiger partial charge is 0.486 e. The van der Waals surface area contributed by atoms with Gasteiger partial charge in [-0.3, -0.25) is 14.6 Å². The molecule has 0 radical (unpaired) electrons. The second-order valence-corrected chi connectivity index (χ2v) is 9.44. The zero-order chi connectivity index (χ0) is 23.7. The number of carbonyl (C=O) groups is 2. The minimum atomic E-state index is -0.851. The van der Waals surface area contributed by atoms with Gasteiger partial charge >= 0.3 is 6.03 Å². The average Bonchev–Trinajstić information content (AvgIpc) is 3.42. The Morgan fingerprint density at radius 2 is 1.76 bits per heavy atom. The summed E-state index contributed by atoms with van der Waals surface area (Å²) < 4.78 is 17.6. The first kappa shape index (κ1) is 22.8. The SMILES string of the molecule is CCc1ccc(CN2CCC(C3(CC)NC(=O)N(CC4COc5ccccc5O4)C3=O)CC2)o1. The number of fused-ring (bicyclic) bond motifs is 1. The smallest absolute Gasteiger partial charge is 0.325 e. The number of hydrogen-bond acceptors (Lipinski definition) is 6. The molecule has 2 unspecified atom stereocenters. The Morgan fingerprint density at radius 3 is 2.47 bits per heavy atom. The number of rotatable bonds is 7. The Morgan fingerprint density at radius 1 is 1.03 bits per heavy atom. The van der Waals surface area contributed by atoms with E-state index in [4.69, 9.17) is 13.9 Å². The van der Waals surface area contributed by atoms with Crippen molar-refractivity contribution in [2.75, 3.05) is 26.2 Å². The number of ether oxygens (including phenoxy) is 2. The highest BCUT2D eigenvalue weighted by Gasteiger charge is 2.55. The van der Waals surface area contributed by atoms with E-state index in [1.807, 2.05) is 43.3 Å². The monoisotopic (exact) mass is 467 g/mol. The Kier molecular flexibility index (Phi) is 6.25. The lowest BCUT2D eigenvalue weighted by molar-refractivity contribution is -0.135. The predicted octanol–water partition coefficient (Wildman–Crippen LogP) is 3.59. The van der Waals surface area contributed by atoms with Crippen LogP contribution in [0.1, 0.15) is 44.6 Å². The Labute approximate surface area is 200 Å². The van der Waals surface area contributed by atoms with Gasteiger partial charge in [-0.15, -0.1) is 0 Å². The summed E-state index contributed by atoms with van der Waals surface area (Å²) in [5.41, 5.74) is -0.851. The first-order valence-corrected chi connectivity index (χ1v) is 12.3. The topological polar surface area (TPSA) is 84.3 Å². The van der Waals surface area contributed by atoms with Gasteiger partial charge in [0.25, 0.3) is 5.91 Å². The number of benzene rings is 1. The van der Waals surface area contributed by atoms with Crippen molar-refractivity contribution in [3.8, 4) is 11.5 Å². The first-order chi connectivity index (χ1) is 16.5. The van der Waals surface area contributed by atoms with Gasteiger partial charge in [0, 0.05) is 6.42 Å². The number of furan rings is 1. The van der Waals surface area contributed by atoms with E-state index >= 15 is 0 Å². The van der Waals surface area contributed by atoms with Crippen LogP contribution >= 0.6 is 0 Å². The van der Waals surface area contributed by atoms with Gasteiger partial charge < -0.3 is 19.2 Å². The lowest BCUT2D eigenvalue weighted by Crippen LogP contribution is -2.56. The molecule has 1 aromatic heterocycles. The highest BCUT2D eigenvalue weighted by atomic mass is 16.6. The van der Waals surface area contributed by atoms with Gasteiger partial charge in [0.2, 0.25) is 0 Å². The van der Waals surface area contributed by atoms with Gasteiger partial charge in [-0.25, -0.2) is 4.79 Å². The van der Waals surface area contributed by atoms with Crippen molar-refractivity contribution in [2.45, 2.75) is 57.7 Å². The molecule has 182 valence electrons. The van der Waals surface area contributed by atoms with E-state index < -0.39 is 5.54 Å². The Balaban J connectivity index is 1.21. The van der Waals surface area contributed by atoms with Crippen molar-refractivity contribution in [3.63, 3.8) is 0 Å². The molecule has 3 amide bonds. The molecule has 8 nitrogen and oxygen atoms in total. The van der Waals surface area contributed by atoms with Crippen LogP contribution in [0.15, 0.2) is 40.8 Å². The van der Waals surface area contributed by atoms with E-state index in [9.17, 15) is 9.59 Å². The number of nitrogens with zero attached hydrogens (tertiary/aromatic N) is 2. The normalized spacial score (nSPS) is 25.6. The number of imide groups is 1. The molecule has 1 N–H and O–H groups in total. The maximum Gasteiger partial charge on any atom is 0.325 e. The lowest BCUT2D eigenvalue weighted by Gasteiger charge is -2.40. The van der Waals surface area contributed by atoms with E-state index in [1.54, 1.807) is 0 Å². The number of hydrogen-bond donors (Lipinski definition) is 1. The molecule has 0 saturated carbocycles. The third kappa shape index (κ3) is 4.15. The summed E-state index contributed by atoms with van der Waals surface area (Å²) in [7, 11) is 0. The summed E-state index contributed by atoms with van der Waals surface area (Å²) in [6.07, 6.45) is 2.78. The molecule has 5 rings (SSSR count). The van der Waals surface area contributed by atoms with Crippen LogP contribution in [-0.4, -0.2) is 59.6 Å². The van der Waals surface area contributed by atoms with E-state index in [-0.39, 0.29) is 30.5 Å². The Hall–Kier alpha value is -3.00. The zero-order valence-corrected chi connectivity index (χ0v) is 19.9. The van der Waals surface area contributed by atoms with Crippen LogP contribution in [0.2, 0.25) is 0 Å². The summed E-state index contributed by atoms with van der Waals surface area (Å²) in [6.45, 7) is 7.07. The summed E-state index contributed by atoms with van der Waals surface area (Å²) >= 11 is 0. The summed E-state index contributed by atoms with van der Waals surface area (Å²) in [5.74, 6) is 3.27. The highest BCUT2D eigenvalue weighted by Crippen LogP contribution is 2.37. The third-order valence-electron chi connectivity index (χ3n) is 7.44. The molecule has 3 aliphatic heterocycles. The van der Waals surface area contributed by atoms with E-state index in [2.05, 4.69) is 17.1 Å². The number of likely N-dealkylation sites (tertiary alicyclic amines) is 1. The number of nitrogens with one attached hydrogen (secondary N) is 1. The number of amides is 3. The molecule has 2 saturated heterocycles. The van der Waals surface area contributed by atoms with E-state index in [0.29, 0.717) is 24.5 Å². The van der Waals surface area contributed by atoms with Gasteiger partial charge in [0.05, 0.1) is 13.1 Å². The second-order valence-electron chi connectivity index (χ2n) is 9.44. The quantitative estimate of drug-likeness (QED) is 0.627. The van der Waals surface area contributed by atoms with Crippen molar-refractivity contribution >= 4 is 11.9 Å². The molecule has 2 aromatic rings. The molecule has 0 spiro atoms. The molecule has 2 fully saturated rings. The number of carbonyl (C=O) groups excluding carboxylic acids is 2. The zero-order valence-electron chi connectivity index (χ0n) is 19.9. The van der Waals surface area contributed by atoms with Crippen molar-refractivity contribution in [2.24, 2.45) is 5.92 Å². The van der Waals surface area contributed by atoms with Crippen LogP contribution in [-0.2, 0) is 17.8 Å². The third-order valence-corrected chi connectivity index (χ3v) is 7.44. The van der Waals surface area contributed by atoms with Crippen LogP contribution in [0.5, 0.6) is 11.5 Å². The summed E-state index contributed by atoms with van der Waals surface area (Å²) in [6, 6.07) is 11.2. The first-order valence-electron chi connectivity index (χ1n) is 12.3. The van der Waals surface area contributed by atoms with Gasteiger partial charge in [0.1, 0.15) is 23.7 Å². The molecular weight excluding hydrogens is 434 g/mol. The van der Waals surface area contributed by atoms with E-state index in [0.717, 1.165) is 50.4 Å². The molecule has 0 aliphatic carbocycles. The van der Waals surface area contributed by atoms with Gasteiger partial charge in [0.15, 0.2) is 17.6 Å². The molecule has 0 bridgehead atoms. The van der Waals surface area contributed by atoms with E-state index in [1.165, 1.54) is 4.90 Å². The Bertz CT molecular complexity index is 1040. The standard InChI is InChI=1S/C26H33N3O5/c1-3-19-9-10-20(33-19)15-28-13-11-18(12-14-28)26(4-2)24(30)29(25(31)27-26)16-21-17-32-22-7-5-6-8-23(22)34-21/h5-10,18,21H,3-4,11-17H2,1-2H3,(H,27,31). The van der Waals surface area contributed by atoms with Crippen LogP contribution < -0.4 is 14.8 Å². The summed E-state index contributed by atoms with van der Waals surface area (Å²) in [5, 5.41) is 3.07. The fraction of sp³-hybridized carbons (Fsp3) is 0.538. The molecule has 4 heterocycles. The maximum atomic E-state index is 13.6. The molecule has 8 heteroatoms. The van der Waals surface area contributed by atoms with Crippen molar-refractivity contribution in [1.82, 2.24) is 15.1 Å². The second kappa shape index (κ2) is 9.33. The average molecular weight is 468 g/mol. The van der Waals surface area contributed by atoms with Gasteiger partial charge in [-0.1, -0.05) is 26.0 Å². The molecular formula is C26H33N3O5. The number of piperidine rings is 1. The number of aryl methyl sites for hydroxylation is 1. The van der Waals surface area contributed by atoms with Crippen LogP contribution in [0.3, 0.4) is 0 Å². The molecule has 2 atom stereocenters. The number of para-hydroxylation sites is 2. The van der Waals surface area contributed by atoms with Gasteiger partial charge in [-0.05, 0) is 62.5 Å². The maximum absolute atomic E-state index is 13.6. The molecule has 3 aliphatic rings. The van der Waals surface area contributed by atoms with Crippen LogP contribution in [0, 0.1) is 5.92 Å². The molecule has 1 aromatic carbocycles. The van der Waals surface area contributed by atoms with Crippen LogP contribution in [0.25, 0.3) is 0 Å².